The molecule has 1 aromatic rings. The Kier molecular flexibility index (Phi) is 4.44. The summed E-state index contributed by atoms with van der Waals surface area (Å²) in [6, 6.07) is 8.28. The lowest BCUT2D eigenvalue weighted by Crippen LogP contribution is -2.50. The highest BCUT2D eigenvalue weighted by atomic mass is 16.5. The van der Waals surface area contributed by atoms with Gasteiger partial charge in [-0.1, -0.05) is 31.5 Å². The number of piperidine rings is 1. The van der Waals surface area contributed by atoms with Crippen LogP contribution in [0.25, 0.3) is 0 Å². The van der Waals surface area contributed by atoms with Crippen LogP contribution in [0.1, 0.15) is 31.7 Å². The molecule has 0 radical (unpaired) electrons. The zero-order valence-corrected chi connectivity index (χ0v) is 12.6. The lowest BCUT2D eigenvalue weighted by Gasteiger charge is -2.32. The number of hydrogen-bond acceptors (Lipinski definition) is 3. The largest absolute Gasteiger partial charge is 0.480 e. The van der Waals surface area contributed by atoms with E-state index in [4.69, 9.17) is 4.74 Å². The van der Waals surface area contributed by atoms with E-state index in [-0.39, 0.29) is 12.0 Å². The van der Waals surface area contributed by atoms with E-state index in [9.17, 15) is 4.79 Å². The Hall–Kier alpha value is -1.55. The number of carbonyl (C=O) groups is 1. The fraction of sp³-hybridized carbons (Fsp3) is 0.588. The first-order valence-electron chi connectivity index (χ1n) is 8.03. The first kappa shape index (κ1) is 14.4. The number of rotatable bonds is 4. The van der Waals surface area contributed by atoms with Gasteiger partial charge in [-0.05, 0) is 36.9 Å². The van der Waals surface area contributed by atoms with Gasteiger partial charge >= 0.3 is 0 Å². The van der Waals surface area contributed by atoms with Gasteiger partial charge in [-0.2, -0.15) is 0 Å². The van der Waals surface area contributed by atoms with Crippen molar-refractivity contribution in [3.05, 3.63) is 29.8 Å². The van der Waals surface area contributed by atoms with Crippen LogP contribution in [0.2, 0.25) is 0 Å². The molecule has 0 aliphatic carbocycles. The van der Waals surface area contributed by atoms with Gasteiger partial charge in [0.05, 0.1) is 0 Å². The van der Waals surface area contributed by atoms with Gasteiger partial charge in [0.15, 0.2) is 6.10 Å². The third-order valence-corrected chi connectivity index (χ3v) is 4.69. The van der Waals surface area contributed by atoms with Crippen molar-refractivity contribution in [1.29, 1.82) is 0 Å². The Morgan fingerprint density at radius 3 is 3.10 bits per heavy atom. The second-order valence-electron chi connectivity index (χ2n) is 6.03. The number of hydrogen-bond donors (Lipinski definition) is 2. The molecule has 0 bridgehead atoms. The number of carbonyl (C=O) groups excluding carboxylic acids is 1. The minimum atomic E-state index is -0.369. The summed E-state index contributed by atoms with van der Waals surface area (Å²) in [6.07, 6.45) is 3.97. The molecular formula is C17H24N2O2. The fourth-order valence-electron chi connectivity index (χ4n) is 3.40. The number of nitrogens with one attached hydrogen (secondary N) is 2. The van der Waals surface area contributed by atoms with Gasteiger partial charge in [-0.15, -0.1) is 0 Å². The maximum absolute atomic E-state index is 12.3. The van der Waals surface area contributed by atoms with Crippen LogP contribution in [0.15, 0.2) is 24.3 Å². The quantitative estimate of drug-likeness (QED) is 0.889. The van der Waals surface area contributed by atoms with Gasteiger partial charge in [0, 0.05) is 19.0 Å². The molecular weight excluding hydrogens is 264 g/mol. The molecule has 1 aromatic carbocycles. The van der Waals surface area contributed by atoms with Gasteiger partial charge < -0.3 is 15.4 Å². The predicted molar refractivity (Wildman–Crippen MR) is 82.4 cm³/mol. The molecule has 4 nitrogen and oxygen atoms in total. The highest BCUT2D eigenvalue weighted by molar-refractivity contribution is 5.82. The second kappa shape index (κ2) is 6.48. The average Bonchev–Trinajstić information content (AvgIpc) is 2.97. The third-order valence-electron chi connectivity index (χ3n) is 4.69. The van der Waals surface area contributed by atoms with E-state index < -0.39 is 0 Å². The molecule has 3 atom stereocenters. The molecule has 3 rings (SSSR count). The van der Waals surface area contributed by atoms with Crippen LogP contribution in [0, 0.1) is 5.92 Å². The van der Waals surface area contributed by atoms with Crippen molar-refractivity contribution < 1.29 is 9.53 Å². The third kappa shape index (κ3) is 3.21. The van der Waals surface area contributed by atoms with Gasteiger partial charge in [-0.25, -0.2) is 0 Å². The molecule has 1 amide bonds. The number of fused-ring (bicyclic) bond motifs is 1. The van der Waals surface area contributed by atoms with E-state index in [1.807, 2.05) is 24.3 Å². The summed E-state index contributed by atoms with van der Waals surface area (Å²) in [5.74, 6) is 1.52. The Labute approximate surface area is 126 Å². The van der Waals surface area contributed by atoms with Crippen LogP contribution in [0.3, 0.4) is 0 Å². The van der Waals surface area contributed by atoms with Crippen molar-refractivity contribution in [2.24, 2.45) is 5.92 Å². The zero-order valence-electron chi connectivity index (χ0n) is 12.6. The van der Waals surface area contributed by atoms with Crippen LogP contribution in [0.4, 0.5) is 0 Å². The summed E-state index contributed by atoms with van der Waals surface area (Å²) in [5.41, 5.74) is 1.12. The maximum Gasteiger partial charge on any atom is 0.261 e. The van der Waals surface area contributed by atoms with Crippen LogP contribution < -0.4 is 15.4 Å². The lowest BCUT2D eigenvalue weighted by molar-refractivity contribution is -0.127. The highest BCUT2D eigenvalue weighted by Gasteiger charge is 2.30. The lowest BCUT2D eigenvalue weighted by atomic mass is 9.88. The van der Waals surface area contributed by atoms with Crippen molar-refractivity contribution in [2.75, 3.05) is 13.1 Å². The summed E-state index contributed by atoms with van der Waals surface area (Å²) in [7, 11) is 0. The standard InChI is InChI=1S/C17H24N2O2/c1-2-12-7-5-9-18-14(12)11-19-17(20)16-10-13-6-3-4-8-15(13)21-16/h3-4,6,8,12,14,16,18H,2,5,7,9-11H2,1H3,(H,19,20). The molecule has 21 heavy (non-hydrogen) atoms. The van der Waals surface area contributed by atoms with E-state index in [1.54, 1.807) is 0 Å². The molecule has 2 heterocycles. The number of benzene rings is 1. The van der Waals surface area contributed by atoms with Crippen molar-refractivity contribution >= 4 is 5.91 Å². The number of para-hydroxylation sites is 1. The van der Waals surface area contributed by atoms with Crippen LogP contribution in [-0.4, -0.2) is 31.1 Å². The Morgan fingerprint density at radius 1 is 1.43 bits per heavy atom. The van der Waals surface area contributed by atoms with Crippen LogP contribution >= 0.6 is 0 Å². The first-order chi connectivity index (χ1) is 10.3. The zero-order chi connectivity index (χ0) is 14.7. The molecule has 2 aliphatic heterocycles. The molecule has 1 saturated heterocycles. The van der Waals surface area contributed by atoms with Crippen LogP contribution in [0.5, 0.6) is 5.75 Å². The molecule has 0 aromatic heterocycles. The van der Waals surface area contributed by atoms with Crippen LogP contribution in [-0.2, 0) is 11.2 Å². The van der Waals surface area contributed by atoms with Gasteiger partial charge in [-0.3, -0.25) is 4.79 Å². The number of amides is 1. The maximum atomic E-state index is 12.3. The SMILES string of the molecule is CCC1CCCNC1CNC(=O)C1Cc2ccccc2O1. The van der Waals surface area contributed by atoms with E-state index >= 15 is 0 Å². The van der Waals surface area contributed by atoms with Crippen molar-refractivity contribution in [2.45, 2.75) is 44.8 Å². The van der Waals surface area contributed by atoms with Crippen molar-refractivity contribution in [3.8, 4) is 5.75 Å². The van der Waals surface area contributed by atoms with Crippen molar-refractivity contribution in [3.63, 3.8) is 0 Å². The Morgan fingerprint density at radius 2 is 2.29 bits per heavy atom. The average molecular weight is 288 g/mol. The summed E-state index contributed by atoms with van der Waals surface area (Å²) in [6.45, 7) is 3.99. The molecule has 1 fully saturated rings. The topological polar surface area (TPSA) is 50.4 Å². The molecule has 2 aliphatic rings. The summed E-state index contributed by atoms with van der Waals surface area (Å²) in [5, 5.41) is 6.59. The predicted octanol–water partition coefficient (Wildman–Crippen LogP) is 1.88. The molecule has 0 saturated carbocycles. The summed E-state index contributed by atoms with van der Waals surface area (Å²) < 4.78 is 5.73. The second-order valence-corrected chi connectivity index (χ2v) is 6.03. The molecule has 3 unspecified atom stereocenters. The first-order valence-corrected chi connectivity index (χ1v) is 8.03. The summed E-state index contributed by atoms with van der Waals surface area (Å²) in [4.78, 5) is 12.3. The minimum absolute atomic E-state index is 0.00780. The van der Waals surface area contributed by atoms with Gasteiger partial charge in [0.1, 0.15) is 5.75 Å². The fourth-order valence-corrected chi connectivity index (χ4v) is 3.40. The molecule has 114 valence electrons. The van der Waals surface area contributed by atoms with Crippen molar-refractivity contribution in [1.82, 2.24) is 10.6 Å². The van der Waals surface area contributed by atoms with E-state index in [2.05, 4.69) is 17.6 Å². The van der Waals surface area contributed by atoms with E-state index in [0.29, 0.717) is 24.9 Å². The molecule has 0 spiro atoms. The molecule has 4 heteroatoms. The normalized spacial score (nSPS) is 27.8. The highest BCUT2D eigenvalue weighted by Crippen LogP contribution is 2.28. The van der Waals surface area contributed by atoms with Gasteiger partial charge in [0.25, 0.3) is 5.91 Å². The minimum Gasteiger partial charge on any atom is -0.480 e. The summed E-state index contributed by atoms with van der Waals surface area (Å²) >= 11 is 0. The van der Waals surface area contributed by atoms with E-state index in [1.165, 1.54) is 19.3 Å². The Balaban J connectivity index is 1.51. The number of ether oxygens (including phenoxy) is 1. The van der Waals surface area contributed by atoms with Gasteiger partial charge in [0.2, 0.25) is 0 Å². The molecule has 2 N–H and O–H groups in total. The smallest absolute Gasteiger partial charge is 0.261 e. The Bertz CT molecular complexity index is 478. The monoisotopic (exact) mass is 288 g/mol. The van der Waals surface area contributed by atoms with E-state index in [0.717, 1.165) is 17.9 Å².